The number of aliphatic hydroxyl groups is 1. The van der Waals surface area contributed by atoms with Gasteiger partial charge < -0.3 is 37.5 Å². The minimum Gasteiger partial charge on any atom is -0.394 e. The van der Waals surface area contributed by atoms with Gasteiger partial charge in [0.05, 0.1) is 19.2 Å². The van der Waals surface area contributed by atoms with Crippen LogP contribution in [0.15, 0.2) is 29.1 Å². The zero-order valence-corrected chi connectivity index (χ0v) is 22.3. The van der Waals surface area contributed by atoms with Gasteiger partial charge in [-0.2, -0.15) is 21.7 Å². The molecule has 2 heterocycles. The number of H-pyrrole nitrogens is 1. The summed E-state index contributed by atoms with van der Waals surface area (Å²) in [6, 6.07) is 4.89. The molecule has 3 rings (SSSR count). The topological polar surface area (TPSA) is 206 Å². The number of hydrogen-bond acceptors (Lipinski definition) is 10. The number of aromatic nitrogens is 4. The zero-order valence-electron chi connectivity index (χ0n) is 21.5. The number of anilines is 3. The fraction of sp³-hybridized carbons (Fsp3) is 0.458. The first kappa shape index (κ1) is 28.9. The summed E-state index contributed by atoms with van der Waals surface area (Å²) >= 11 is 1.51. The lowest BCUT2D eigenvalue weighted by Crippen LogP contribution is -2.52. The number of aliphatic hydroxyl groups excluding tert-OH is 1. The highest BCUT2D eigenvalue weighted by molar-refractivity contribution is 7.99. The third-order valence-corrected chi connectivity index (χ3v) is 6.68. The molecule has 0 unspecified atom stereocenters. The van der Waals surface area contributed by atoms with Gasteiger partial charge in [0.15, 0.2) is 11.5 Å². The number of rotatable bonds is 14. The molecule has 206 valence electrons. The molecule has 0 aliphatic carbocycles. The van der Waals surface area contributed by atoms with Crippen LogP contribution < -0.4 is 33.1 Å². The van der Waals surface area contributed by atoms with Crippen molar-refractivity contribution in [2.75, 3.05) is 41.0 Å². The maximum Gasteiger partial charge on any atom is 0.328 e. The lowest BCUT2D eigenvalue weighted by molar-refractivity contribution is -0.127. The molecule has 0 radical (unpaired) electrons. The Morgan fingerprint density at radius 3 is 2.58 bits per heavy atom. The Balaban J connectivity index is 1.68. The molecule has 2 aromatic heterocycles. The second kappa shape index (κ2) is 13.8. The molecule has 0 saturated heterocycles. The van der Waals surface area contributed by atoms with Crippen molar-refractivity contribution in [2.45, 2.75) is 45.3 Å². The maximum absolute atomic E-state index is 12.6. The Morgan fingerprint density at radius 2 is 1.92 bits per heavy atom. The first-order valence-corrected chi connectivity index (χ1v) is 13.6. The lowest BCUT2D eigenvalue weighted by Gasteiger charge is -2.19. The molecule has 2 amide bonds. The van der Waals surface area contributed by atoms with Gasteiger partial charge in [0.25, 0.3) is 0 Å². The highest BCUT2D eigenvalue weighted by atomic mass is 32.2. The Hall–Kier alpha value is -3.62. The molecule has 0 bridgehead atoms. The van der Waals surface area contributed by atoms with Crippen LogP contribution in [0.5, 0.6) is 0 Å². The average Bonchev–Trinajstić information content (AvgIpc) is 3.22. The van der Waals surface area contributed by atoms with Gasteiger partial charge in [-0.05, 0) is 29.9 Å². The molecule has 9 N–H and O–H groups in total. The number of hydrogen-bond donors (Lipinski definition) is 7. The molecule has 0 saturated carbocycles. The average molecular weight is 546 g/mol. The van der Waals surface area contributed by atoms with Crippen LogP contribution in [0.3, 0.4) is 0 Å². The SMILES string of the molecule is CCCCNc1nc(N)c2[nH]c(=O)n(Cc3ccc(NC(=O)[C@H](CO)NC(=O)[C@@H](N)CSCC)cc3)c2n1. The first-order valence-electron chi connectivity index (χ1n) is 12.4. The molecule has 14 heteroatoms. The number of nitrogens with zero attached hydrogens (tertiary/aromatic N) is 3. The molecule has 13 nitrogen and oxygen atoms in total. The number of fused-ring (bicyclic) bond motifs is 1. The summed E-state index contributed by atoms with van der Waals surface area (Å²) in [5, 5.41) is 17.9. The summed E-state index contributed by atoms with van der Waals surface area (Å²) in [5.74, 6) is 0.677. The van der Waals surface area contributed by atoms with Crippen molar-refractivity contribution in [1.82, 2.24) is 24.8 Å². The van der Waals surface area contributed by atoms with E-state index in [4.69, 9.17) is 11.5 Å². The van der Waals surface area contributed by atoms with E-state index in [2.05, 4.69) is 37.8 Å². The minimum absolute atomic E-state index is 0.179. The number of benzene rings is 1. The van der Waals surface area contributed by atoms with E-state index in [0.29, 0.717) is 35.1 Å². The van der Waals surface area contributed by atoms with Crippen molar-refractivity contribution in [1.29, 1.82) is 0 Å². The Bertz CT molecular complexity index is 1290. The second-order valence-electron chi connectivity index (χ2n) is 8.62. The van der Waals surface area contributed by atoms with Gasteiger partial charge in [-0.3, -0.25) is 14.2 Å². The Labute approximate surface area is 224 Å². The van der Waals surface area contributed by atoms with Crippen LogP contribution in [-0.4, -0.2) is 73.2 Å². The van der Waals surface area contributed by atoms with Crippen molar-refractivity contribution >= 4 is 52.2 Å². The quantitative estimate of drug-likeness (QED) is 0.139. The molecule has 0 spiro atoms. The number of amides is 2. The number of nitrogens with two attached hydrogens (primary N) is 2. The lowest BCUT2D eigenvalue weighted by atomic mass is 10.2. The Kier molecular flexibility index (Phi) is 10.5. The smallest absolute Gasteiger partial charge is 0.328 e. The van der Waals surface area contributed by atoms with Crippen LogP contribution in [0.1, 0.15) is 32.3 Å². The fourth-order valence-electron chi connectivity index (χ4n) is 3.55. The monoisotopic (exact) mass is 545 g/mol. The predicted octanol–water partition coefficient (Wildman–Crippen LogP) is 0.458. The van der Waals surface area contributed by atoms with Crippen molar-refractivity contribution in [3.63, 3.8) is 0 Å². The molecule has 38 heavy (non-hydrogen) atoms. The van der Waals surface area contributed by atoms with Gasteiger partial charge in [-0.1, -0.05) is 32.4 Å². The number of thioether (sulfide) groups is 1. The number of nitrogens with one attached hydrogen (secondary N) is 4. The minimum atomic E-state index is -1.14. The van der Waals surface area contributed by atoms with Gasteiger partial charge in [-0.15, -0.1) is 0 Å². The van der Waals surface area contributed by atoms with E-state index in [1.54, 1.807) is 24.3 Å². The number of carbonyl (C=O) groups excluding carboxylic acids is 2. The van der Waals surface area contributed by atoms with Crippen LogP contribution in [-0.2, 0) is 16.1 Å². The maximum atomic E-state index is 12.6. The highest BCUT2D eigenvalue weighted by Crippen LogP contribution is 2.18. The summed E-state index contributed by atoms with van der Waals surface area (Å²) in [6.07, 6.45) is 1.96. The number of imidazole rings is 1. The summed E-state index contributed by atoms with van der Waals surface area (Å²) in [6.45, 7) is 4.35. The second-order valence-corrected chi connectivity index (χ2v) is 9.94. The van der Waals surface area contributed by atoms with Crippen LogP contribution in [0.4, 0.5) is 17.5 Å². The summed E-state index contributed by atoms with van der Waals surface area (Å²) in [4.78, 5) is 48.8. The van der Waals surface area contributed by atoms with Crippen molar-refractivity contribution in [2.24, 2.45) is 5.73 Å². The van der Waals surface area contributed by atoms with Gasteiger partial charge in [-0.25, -0.2) is 4.79 Å². The summed E-state index contributed by atoms with van der Waals surface area (Å²) in [7, 11) is 0. The molecule has 1 aromatic carbocycles. The number of carbonyl (C=O) groups is 2. The standard InChI is InChI=1S/C24H35N9O4S/c1-3-5-10-27-23-31-19(26)18-20(32-23)33(24(37)30-18)11-14-6-8-15(9-7-14)28-22(36)17(12-34)29-21(35)16(25)13-38-4-2/h6-9,16-17,34H,3-5,10-13,25H2,1-2H3,(H,28,36)(H,29,35)(H,30,37)(H3,26,27,31,32)/t16-,17-/m0/s1. The van der Waals surface area contributed by atoms with E-state index in [0.717, 1.165) is 24.2 Å². The van der Waals surface area contributed by atoms with E-state index < -0.39 is 30.5 Å². The van der Waals surface area contributed by atoms with E-state index >= 15 is 0 Å². The third kappa shape index (κ3) is 7.46. The number of nitrogen functional groups attached to an aromatic ring is 1. The zero-order chi connectivity index (χ0) is 27.7. The normalized spacial score (nSPS) is 12.7. The van der Waals surface area contributed by atoms with Crippen LogP contribution >= 0.6 is 11.8 Å². The van der Waals surface area contributed by atoms with Crippen molar-refractivity contribution < 1.29 is 14.7 Å². The predicted molar refractivity (Wildman–Crippen MR) is 150 cm³/mol. The van der Waals surface area contributed by atoms with E-state index in [1.165, 1.54) is 16.3 Å². The molecule has 0 fully saturated rings. The molecule has 3 aromatic rings. The van der Waals surface area contributed by atoms with Crippen LogP contribution in [0, 0.1) is 0 Å². The molecular weight excluding hydrogens is 510 g/mol. The van der Waals surface area contributed by atoms with E-state index in [1.807, 2.05) is 6.92 Å². The molecule has 0 aliphatic rings. The summed E-state index contributed by atoms with van der Waals surface area (Å²) in [5.41, 5.74) is 13.5. The van der Waals surface area contributed by atoms with Crippen molar-refractivity contribution in [3.05, 3.63) is 40.3 Å². The van der Waals surface area contributed by atoms with Gasteiger partial charge >= 0.3 is 5.69 Å². The third-order valence-electron chi connectivity index (χ3n) is 5.68. The largest absolute Gasteiger partial charge is 0.394 e. The van der Waals surface area contributed by atoms with Gasteiger partial charge in [0, 0.05) is 18.0 Å². The molecular formula is C24H35N9O4S. The van der Waals surface area contributed by atoms with Crippen LogP contribution in [0.25, 0.3) is 11.2 Å². The fourth-order valence-corrected chi connectivity index (χ4v) is 4.19. The molecule has 2 atom stereocenters. The van der Waals surface area contributed by atoms with Crippen molar-refractivity contribution in [3.8, 4) is 0 Å². The highest BCUT2D eigenvalue weighted by Gasteiger charge is 2.23. The van der Waals surface area contributed by atoms with Gasteiger partial charge in [0.1, 0.15) is 11.6 Å². The van der Waals surface area contributed by atoms with E-state index in [-0.39, 0.29) is 18.1 Å². The van der Waals surface area contributed by atoms with Crippen LogP contribution in [0.2, 0.25) is 0 Å². The summed E-state index contributed by atoms with van der Waals surface area (Å²) < 4.78 is 1.46. The Morgan fingerprint density at radius 1 is 1.18 bits per heavy atom. The van der Waals surface area contributed by atoms with E-state index in [9.17, 15) is 19.5 Å². The molecule has 0 aliphatic heterocycles. The van der Waals surface area contributed by atoms with Gasteiger partial charge in [0.2, 0.25) is 17.8 Å². The number of unbranched alkanes of at least 4 members (excludes halogenated alkanes) is 1. The first-order chi connectivity index (χ1) is 18.3. The number of aromatic amines is 1.